The molecule has 2 rings (SSSR count). The molecular formula is C16H25Cl2N3O. The van der Waals surface area contributed by atoms with Gasteiger partial charge in [0.05, 0.1) is 0 Å². The molecule has 0 unspecified atom stereocenters. The van der Waals surface area contributed by atoms with E-state index >= 15 is 0 Å². The third-order valence-electron chi connectivity index (χ3n) is 3.85. The number of carbonyl (C=O) groups excluding carboxylic acids is 1. The summed E-state index contributed by atoms with van der Waals surface area (Å²) in [5.41, 5.74) is 1.19. The van der Waals surface area contributed by atoms with Crippen molar-refractivity contribution in [2.75, 3.05) is 39.3 Å². The van der Waals surface area contributed by atoms with E-state index in [2.05, 4.69) is 23.2 Å². The second-order valence-corrected chi connectivity index (χ2v) is 5.82. The molecule has 6 heteroatoms. The molecule has 4 nitrogen and oxygen atoms in total. The molecule has 1 aromatic rings. The van der Waals surface area contributed by atoms with E-state index in [1.54, 1.807) is 0 Å². The van der Waals surface area contributed by atoms with Crippen LogP contribution in [0.15, 0.2) is 24.3 Å². The van der Waals surface area contributed by atoms with Crippen LogP contribution >= 0.6 is 24.0 Å². The zero-order valence-corrected chi connectivity index (χ0v) is 14.6. The van der Waals surface area contributed by atoms with Crippen LogP contribution in [0.25, 0.3) is 0 Å². The van der Waals surface area contributed by atoms with Crippen LogP contribution < -0.4 is 5.32 Å². The van der Waals surface area contributed by atoms with Crippen molar-refractivity contribution in [2.45, 2.75) is 19.9 Å². The fourth-order valence-corrected chi connectivity index (χ4v) is 2.78. The molecule has 124 valence electrons. The molecule has 1 amide bonds. The van der Waals surface area contributed by atoms with Crippen LogP contribution in [0.4, 0.5) is 0 Å². The summed E-state index contributed by atoms with van der Waals surface area (Å²) >= 11 is 6.02. The normalized spacial score (nSPS) is 14.8. The van der Waals surface area contributed by atoms with Crippen LogP contribution in [0, 0.1) is 0 Å². The lowest BCUT2D eigenvalue weighted by molar-refractivity contribution is -0.132. The molecule has 0 aliphatic carbocycles. The topological polar surface area (TPSA) is 35.6 Å². The van der Waals surface area contributed by atoms with Crippen LogP contribution in [0.5, 0.6) is 0 Å². The van der Waals surface area contributed by atoms with Gasteiger partial charge in [-0.2, -0.15) is 0 Å². The summed E-state index contributed by atoms with van der Waals surface area (Å²) < 4.78 is 0. The minimum atomic E-state index is 0. The van der Waals surface area contributed by atoms with Crippen molar-refractivity contribution in [3.05, 3.63) is 34.9 Å². The van der Waals surface area contributed by atoms with Crippen LogP contribution in [-0.4, -0.2) is 55.0 Å². The largest absolute Gasteiger partial charge is 0.340 e. The van der Waals surface area contributed by atoms with Gasteiger partial charge in [-0.25, -0.2) is 0 Å². The van der Waals surface area contributed by atoms with E-state index in [4.69, 9.17) is 11.6 Å². The molecule has 1 heterocycles. The van der Waals surface area contributed by atoms with Crippen LogP contribution in [0.3, 0.4) is 0 Å². The smallest absolute Gasteiger partial charge is 0.223 e. The third-order valence-corrected chi connectivity index (χ3v) is 4.09. The van der Waals surface area contributed by atoms with Gasteiger partial charge in [0.15, 0.2) is 0 Å². The molecule has 0 spiro atoms. The van der Waals surface area contributed by atoms with Crippen molar-refractivity contribution < 1.29 is 4.79 Å². The highest BCUT2D eigenvalue weighted by atomic mass is 35.5. The molecule has 22 heavy (non-hydrogen) atoms. The van der Waals surface area contributed by atoms with E-state index in [9.17, 15) is 4.79 Å². The molecule has 1 fully saturated rings. The van der Waals surface area contributed by atoms with Gasteiger partial charge in [-0.05, 0) is 24.2 Å². The van der Waals surface area contributed by atoms with Gasteiger partial charge in [0.2, 0.25) is 5.91 Å². The summed E-state index contributed by atoms with van der Waals surface area (Å²) in [6.07, 6.45) is 0.592. The van der Waals surface area contributed by atoms with Crippen molar-refractivity contribution >= 4 is 29.9 Å². The Labute approximate surface area is 144 Å². The number of piperazine rings is 1. The highest BCUT2D eigenvalue weighted by Gasteiger charge is 2.16. The highest BCUT2D eigenvalue weighted by molar-refractivity contribution is 6.30. The number of halogens is 2. The first kappa shape index (κ1) is 19.2. The molecule has 1 saturated heterocycles. The molecule has 1 aliphatic heterocycles. The number of amides is 1. The van der Waals surface area contributed by atoms with Gasteiger partial charge in [0, 0.05) is 50.7 Å². The van der Waals surface area contributed by atoms with Gasteiger partial charge in [-0.15, -0.1) is 12.4 Å². The maximum Gasteiger partial charge on any atom is 0.223 e. The van der Waals surface area contributed by atoms with E-state index in [1.165, 1.54) is 5.56 Å². The van der Waals surface area contributed by atoms with Crippen LogP contribution in [-0.2, 0) is 11.3 Å². The van der Waals surface area contributed by atoms with Crippen LogP contribution in [0.2, 0.25) is 5.02 Å². The lowest BCUT2D eigenvalue weighted by atomic mass is 10.2. The highest BCUT2D eigenvalue weighted by Crippen LogP contribution is 2.13. The molecule has 1 N–H and O–H groups in total. The Kier molecular flexibility index (Phi) is 8.79. The van der Waals surface area contributed by atoms with Crippen molar-refractivity contribution in [3.63, 3.8) is 0 Å². The van der Waals surface area contributed by atoms with Gasteiger partial charge in [-0.3, -0.25) is 9.69 Å². The predicted molar refractivity (Wildman–Crippen MR) is 93.7 cm³/mol. The summed E-state index contributed by atoms with van der Waals surface area (Å²) in [7, 11) is 0. The summed E-state index contributed by atoms with van der Waals surface area (Å²) in [5.74, 6) is 0.265. The van der Waals surface area contributed by atoms with Gasteiger partial charge < -0.3 is 10.2 Å². The number of hydrogen-bond acceptors (Lipinski definition) is 3. The van der Waals surface area contributed by atoms with Gasteiger partial charge in [0.25, 0.3) is 0 Å². The van der Waals surface area contributed by atoms with Crippen molar-refractivity contribution in [1.29, 1.82) is 0 Å². The van der Waals surface area contributed by atoms with E-state index in [1.807, 2.05) is 23.1 Å². The first-order chi connectivity index (χ1) is 10.2. The van der Waals surface area contributed by atoms with E-state index < -0.39 is 0 Å². The average Bonchev–Trinajstić information content (AvgIpc) is 2.52. The second kappa shape index (κ2) is 10.1. The Morgan fingerprint density at radius 2 is 2.09 bits per heavy atom. The summed E-state index contributed by atoms with van der Waals surface area (Å²) in [6.45, 7) is 8.18. The molecule has 0 aromatic heterocycles. The number of benzene rings is 1. The number of nitrogens with zero attached hydrogens (tertiary/aromatic N) is 2. The number of hydrogen-bond donors (Lipinski definition) is 1. The predicted octanol–water partition coefficient (Wildman–Crippen LogP) is 2.41. The Morgan fingerprint density at radius 3 is 2.73 bits per heavy atom. The van der Waals surface area contributed by atoms with Crippen molar-refractivity contribution in [3.8, 4) is 0 Å². The lowest BCUT2D eigenvalue weighted by Crippen LogP contribution is -2.47. The zero-order chi connectivity index (χ0) is 15.1. The minimum absolute atomic E-state index is 0. The standard InChI is InChI=1S/C16H24ClN3O.ClH/c1-2-19(13-14-4-3-5-15(17)12-14)9-6-16(21)20-10-7-18-8-11-20;/h3-5,12,18H,2,6-11,13H2,1H3;1H. The summed E-state index contributed by atoms with van der Waals surface area (Å²) in [4.78, 5) is 16.4. The monoisotopic (exact) mass is 345 g/mol. The molecule has 1 aromatic carbocycles. The fraction of sp³-hybridized carbons (Fsp3) is 0.562. The quantitative estimate of drug-likeness (QED) is 0.859. The van der Waals surface area contributed by atoms with Gasteiger partial charge in [-0.1, -0.05) is 30.7 Å². The first-order valence-corrected chi connectivity index (χ1v) is 8.02. The lowest BCUT2D eigenvalue weighted by Gasteiger charge is -2.28. The van der Waals surface area contributed by atoms with Crippen molar-refractivity contribution in [1.82, 2.24) is 15.1 Å². The fourth-order valence-electron chi connectivity index (χ4n) is 2.57. The maximum atomic E-state index is 12.2. The molecule has 0 atom stereocenters. The molecule has 0 bridgehead atoms. The number of rotatable bonds is 6. The van der Waals surface area contributed by atoms with Crippen molar-refractivity contribution in [2.24, 2.45) is 0 Å². The maximum absolute atomic E-state index is 12.2. The number of nitrogens with one attached hydrogen (secondary N) is 1. The Bertz CT molecular complexity index is 464. The third kappa shape index (κ3) is 6.13. The Balaban J connectivity index is 0.00000242. The van der Waals surface area contributed by atoms with Crippen LogP contribution in [0.1, 0.15) is 18.9 Å². The molecule has 1 aliphatic rings. The van der Waals surface area contributed by atoms with E-state index in [0.29, 0.717) is 6.42 Å². The zero-order valence-electron chi connectivity index (χ0n) is 13.1. The Morgan fingerprint density at radius 1 is 1.36 bits per heavy atom. The minimum Gasteiger partial charge on any atom is -0.340 e. The van der Waals surface area contributed by atoms with Gasteiger partial charge >= 0.3 is 0 Å². The SMILES string of the molecule is CCN(CCC(=O)N1CCNCC1)Cc1cccc(Cl)c1.Cl. The molecule has 0 saturated carbocycles. The summed E-state index contributed by atoms with van der Waals surface area (Å²) in [6, 6.07) is 7.92. The summed E-state index contributed by atoms with van der Waals surface area (Å²) in [5, 5.41) is 4.03. The van der Waals surface area contributed by atoms with E-state index in [0.717, 1.165) is 50.8 Å². The Hall–Kier alpha value is -0.810. The average molecular weight is 346 g/mol. The van der Waals surface area contributed by atoms with Gasteiger partial charge in [0.1, 0.15) is 0 Å². The number of carbonyl (C=O) groups is 1. The molecule has 0 radical (unpaired) electrons. The second-order valence-electron chi connectivity index (χ2n) is 5.38. The first-order valence-electron chi connectivity index (χ1n) is 7.64. The van der Waals surface area contributed by atoms with E-state index in [-0.39, 0.29) is 18.3 Å². The molecular weight excluding hydrogens is 321 g/mol.